The third-order valence-electron chi connectivity index (χ3n) is 2.69. The highest BCUT2D eigenvalue weighted by molar-refractivity contribution is 7.17. The highest BCUT2D eigenvalue weighted by atomic mass is 32.1. The summed E-state index contributed by atoms with van der Waals surface area (Å²) in [5.74, 6) is 0. The van der Waals surface area contributed by atoms with Gasteiger partial charge in [-0.1, -0.05) is 18.2 Å². The molecule has 2 nitrogen and oxygen atoms in total. The second-order valence-corrected chi connectivity index (χ2v) is 4.52. The lowest BCUT2D eigenvalue weighted by Crippen LogP contribution is -2.19. The Bertz CT molecular complexity index is 436. The number of rotatable bonds is 4. The van der Waals surface area contributed by atoms with Crippen molar-refractivity contribution in [1.82, 2.24) is 5.32 Å². The van der Waals surface area contributed by atoms with Crippen LogP contribution in [0.2, 0.25) is 0 Å². The molecule has 1 unspecified atom stereocenters. The van der Waals surface area contributed by atoms with Crippen LogP contribution in [-0.4, -0.2) is 13.6 Å². The maximum Gasteiger partial charge on any atom is 0.0346 e. The second kappa shape index (κ2) is 4.75. The van der Waals surface area contributed by atoms with Crippen molar-refractivity contribution in [2.24, 2.45) is 5.73 Å². The summed E-state index contributed by atoms with van der Waals surface area (Å²) in [6.45, 7) is 0.718. The van der Waals surface area contributed by atoms with Crippen LogP contribution in [0, 0.1) is 0 Å². The molecule has 0 saturated carbocycles. The van der Waals surface area contributed by atoms with E-state index < -0.39 is 0 Å². The van der Waals surface area contributed by atoms with E-state index >= 15 is 0 Å². The summed E-state index contributed by atoms with van der Waals surface area (Å²) in [4.78, 5) is 0. The number of benzene rings is 1. The van der Waals surface area contributed by atoms with Gasteiger partial charge in [-0.15, -0.1) is 11.3 Å². The van der Waals surface area contributed by atoms with Gasteiger partial charge in [0.2, 0.25) is 0 Å². The first-order valence-electron chi connectivity index (χ1n) is 5.20. The first-order chi connectivity index (χ1) is 7.36. The molecule has 0 amide bonds. The zero-order valence-corrected chi connectivity index (χ0v) is 9.68. The van der Waals surface area contributed by atoms with E-state index in [0.717, 1.165) is 13.0 Å². The molecule has 3 heteroatoms. The molecule has 1 aromatic carbocycles. The van der Waals surface area contributed by atoms with Crippen molar-refractivity contribution in [2.45, 2.75) is 12.5 Å². The van der Waals surface area contributed by atoms with Crippen LogP contribution in [0.25, 0.3) is 10.1 Å². The van der Waals surface area contributed by atoms with E-state index in [1.165, 1.54) is 15.6 Å². The normalized spacial score (nSPS) is 13.2. The van der Waals surface area contributed by atoms with Crippen molar-refractivity contribution in [3.8, 4) is 0 Å². The van der Waals surface area contributed by atoms with Crippen molar-refractivity contribution in [3.63, 3.8) is 0 Å². The Kier molecular flexibility index (Phi) is 3.36. The van der Waals surface area contributed by atoms with Gasteiger partial charge < -0.3 is 11.1 Å². The molecule has 0 aliphatic carbocycles. The van der Waals surface area contributed by atoms with Crippen molar-refractivity contribution in [2.75, 3.05) is 13.6 Å². The van der Waals surface area contributed by atoms with Crippen molar-refractivity contribution >= 4 is 21.4 Å². The molecule has 0 saturated heterocycles. The number of nitrogens with one attached hydrogen (secondary N) is 1. The van der Waals surface area contributed by atoms with Crippen LogP contribution < -0.4 is 11.1 Å². The minimum absolute atomic E-state index is 0.381. The molecule has 80 valence electrons. The maximum absolute atomic E-state index is 5.62. The summed E-state index contributed by atoms with van der Waals surface area (Å²) in [5, 5.41) is 6.92. The third kappa shape index (κ3) is 2.04. The molecule has 2 aromatic rings. The van der Waals surface area contributed by atoms with Gasteiger partial charge in [-0.3, -0.25) is 0 Å². The molecule has 3 N–H and O–H groups in total. The topological polar surface area (TPSA) is 38.0 Å². The Morgan fingerprint density at radius 1 is 1.40 bits per heavy atom. The quantitative estimate of drug-likeness (QED) is 0.831. The van der Waals surface area contributed by atoms with E-state index in [1.807, 2.05) is 7.05 Å². The first-order valence-corrected chi connectivity index (χ1v) is 6.08. The average molecular weight is 220 g/mol. The Morgan fingerprint density at radius 3 is 2.93 bits per heavy atom. The first kappa shape index (κ1) is 10.6. The minimum Gasteiger partial charge on any atom is -0.330 e. The van der Waals surface area contributed by atoms with Gasteiger partial charge in [-0.05, 0) is 42.4 Å². The van der Waals surface area contributed by atoms with Crippen LogP contribution in [0.3, 0.4) is 0 Å². The van der Waals surface area contributed by atoms with Crippen LogP contribution in [0.15, 0.2) is 29.6 Å². The lowest BCUT2D eigenvalue weighted by molar-refractivity contribution is 0.561. The molecule has 0 aliphatic rings. The fraction of sp³-hybridized carbons (Fsp3) is 0.333. The summed E-state index contributed by atoms with van der Waals surface area (Å²) in [7, 11) is 1.99. The zero-order chi connectivity index (χ0) is 10.7. The van der Waals surface area contributed by atoms with E-state index in [9.17, 15) is 0 Å². The highest BCUT2D eigenvalue weighted by Gasteiger charge is 2.12. The molecule has 1 atom stereocenters. The largest absolute Gasteiger partial charge is 0.330 e. The molecule has 0 fully saturated rings. The van der Waals surface area contributed by atoms with E-state index in [4.69, 9.17) is 5.73 Å². The molecule has 15 heavy (non-hydrogen) atoms. The number of hydrogen-bond acceptors (Lipinski definition) is 3. The van der Waals surface area contributed by atoms with E-state index in [2.05, 4.69) is 35.0 Å². The number of fused-ring (bicyclic) bond motifs is 1. The number of nitrogens with two attached hydrogens (primary N) is 1. The van der Waals surface area contributed by atoms with Gasteiger partial charge in [0.15, 0.2) is 0 Å². The Balaban J connectivity index is 2.41. The van der Waals surface area contributed by atoms with E-state index in [-0.39, 0.29) is 0 Å². The molecule has 0 radical (unpaired) electrons. The van der Waals surface area contributed by atoms with Gasteiger partial charge in [0.25, 0.3) is 0 Å². The van der Waals surface area contributed by atoms with Gasteiger partial charge >= 0.3 is 0 Å². The summed E-state index contributed by atoms with van der Waals surface area (Å²) in [5.41, 5.74) is 7.00. The van der Waals surface area contributed by atoms with Gasteiger partial charge in [0, 0.05) is 10.7 Å². The molecule has 0 bridgehead atoms. The summed E-state index contributed by atoms with van der Waals surface area (Å²) in [6.07, 6.45) is 0.983. The fourth-order valence-electron chi connectivity index (χ4n) is 1.89. The summed E-state index contributed by atoms with van der Waals surface area (Å²) < 4.78 is 1.35. The molecule has 0 spiro atoms. The Hall–Kier alpha value is -0.900. The lowest BCUT2D eigenvalue weighted by Gasteiger charge is -2.14. The number of thiophene rings is 1. The molecule has 0 aliphatic heterocycles. The van der Waals surface area contributed by atoms with Gasteiger partial charge in [0.05, 0.1) is 0 Å². The molecule has 1 heterocycles. The molecular formula is C12H16N2S. The van der Waals surface area contributed by atoms with E-state index in [0.29, 0.717) is 6.04 Å². The SMILES string of the molecule is CNC(CCN)c1csc2ccccc12. The van der Waals surface area contributed by atoms with Crippen molar-refractivity contribution < 1.29 is 0 Å². The van der Waals surface area contributed by atoms with Crippen molar-refractivity contribution in [1.29, 1.82) is 0 Å². The molecule has 2 rings (SSSR count). The summed E-state index contributed by atoms with van der Waals surface area (Å²) >= 11 is 1.80. The Morgan fingerprint density at radius 2 is 2.20 bits per heavy atom. The van der Waals surface area contributed by atoms with Crippen LogP contribution in [0.1, 0.15) is 18.0 Å². The lowest BCUT2D eigenvalue weighted by atomic mass is 10.0. The second-order valence-electron chi connectivity index (χ2n) is 3.61. The maximum atomic E-state index is 5.62. The minimum atomic E-state index is 0.381. The molecule has 1 aromatic heterocycles. The predicted molar refractivity (Wildman–Crippen MR) is 67.3 cm³/mol. The monoisotopic (exact) mass is 220 g/mol. The van der Waals surface area contributed by atoms with Gasteiger partial charge in [0.1, 0.15) is 0 Å². The third-order valence-corrected chi connectivity index (χ3v) is 3.67. The standard InChI is InChI=1S/C12H16N2S/c1-14-11(6-7-13)10-8-15-12-5-3-2-4-9(10)12/h2-5,8,11,14H,6-7,13H2,1H3. The average Bonchev–Trinajstić information content (AvgIpc) is 2.70. The van der Waals surface area contributed by atoms with Crippen LogP contribution in [-0.2, 0) is 0 Å². The van der Waals surface area contributed by atoms with Gasteiger partial charge in [-0.25, -0.2) is 0 Å². The fourth-order valence-corrected chi connectivity index (χ4v) is 2.91. The van der Waals surface area contributed by atoms with Crippen molar-refractivity contribution in [3.05, 3.63) is 35.2 Å². The number of hydrogen-bond donors (Lipinski definition) is 2. The molecular weight excluding hydrogens is 204 g/mol. The zero-order valence-electron chi connectivity index (χ0n) is 8.86. The summed E-state index contributed by atoms with van der Waals surface area (Å²) in [6, 6.07) is 8.90. The van der Waals surface area contributed by atoms with Crippen LogP contribution >= 0.6 is 11.3 Å². The van der Waals surface area contributed by atoms with Crippen LogP contribution in [0.5, 0.6) is 0 Å². The van der Waals surface area contributed by atoms with Gasteiger partial charge in [-0.2, -0.15) is 0 Å². The predicted octanol–water partition coefficient (Wildman–Crippen LogP) is 2.51. The highest BCUT2D eigenvalue weighted by Crippen LogP contribution is 2.31. The smallest absolute Gasteiger partial charge is 0.0346 e. The van der Waals surface area contributed by atoms with Crippen LogP contribution in [0.4, 0.5) is 0 Å². The van der Waals surface area contributed by atoms with E-state index in [1.54, 1.807) is 11.3 Å². The Labute approximate surface area is 94.1 Å².